The fraction of sp³-hybridized carbons (Fsp3) is 0.143. The summed E-state index contributed by atoms with van der Waals surface area (Å²) in [6.07, 6.45) is 0. The molecule has 1 N–H and O–H groups in total. The van der Waals surface area contributed by atoms with Gasteiger partial charge in [0.1, 0.15) is 5.82 Å². The van der Waals surface area contributed by atoms with Crippen LogP contribution in [0.2, 0.25) is 10.0 Å². The van der Waals surface area contributed by atoms with Gasteiger partial charge in [0.15, 0.2) is 0 Å². The van der Waals surface area contributed by atoms with Crippen molar-refractivity contribution in [2.24, 2.45) is 0 Å². The Hall–Kier alpha value is -0.770. The Morgan fingerprint density at radius 2 is 1.95 bits per heavy atom. The predicted octanol–water partition coefficient (Wildman–Crippen LogP) is 5.82. The minimum atomic E-state index is -0.286. The lowest BCUT2D eigenvalue weighted by molar-refractivity contribution is 0.613. The monoisotopic (exact) mass is 361 g/mol. The fourth-order valence-electron chi connectivity index (χ4n) is 1.65. The molecule has 0 radical (unpaired) electrons. The van der Waals surface area contributed by atoms with Crippen molar-refractivity contribution in [1.82, 2.24) is 0 Å². The number of halogens is 4. The topological polar surface area (TPSA) is 12.0 Å². The van der Waals surface area contributed by atoms with Crippen LogP contribution in [0.4, 0.5) is 10.1 Å². The molecule has 0 atom stereocenters. The van der Waals surface area contributed by atoms with Crippen LogP contribution in [-0.2, 0) is 6.54 Å². The van der Waals surface area contributed by atoms with Gasteiger partial charge in [-0.15, -0.1) is 0 Å². The van der Waals surface area contributed by atoms with Crippen LogP contribution in [0, 0.1) is 12.7 Å². The summed E-state index contributed by atoms with van der Waals surface area (Å²) >= 11 is 15.4. The van der Waals surface area contributed by atoms with E-state index in [-0.39, 0.29) is 5.82 Å². The van der Waals surface area contributed by atoms with E-state index in [1.54, 1.807) is 6.07 Å². The SMILES string of the molecule is Cc1cc(Br)c(NCc2cc(Cl)ccc2F)cc1Cl. The first-order valence-corrected chi connectivity index (χ1v) is 7.15. The zero-order chi connectivity index (χ0) is 14.0. The molecular formula is C14H11BrCl2FN. The molecule has 0 saturated heterocycles. The molecule has 100 valence electrons. The van der Waals surface area contributed by atoms with E-state index in [2.05, 4.69) is 21.2 Å². The van der Waals surface area contributed by atoms with Crippen LogP contribution >= 0.6 is 39.1 Å². The molecule has 0 spiro atoms. The van der Waals surface area contributed by atoms with E-state index in [1.807, 2.05) is 19.1 Å². The molecule has 0 heterocycles. The average molecular weight is 363 g/mol. The molecule has 0 fully saturated rings. The molecule has 2 aromatic carbocycles. The van der Waals surface area contributed by atoms with Gasteiger partial charge in [-0.1, -0.05) is 23.2 Å². The number of rotatable bonds is 3. The normalized spacial score (nSPS) is 10.6. The minimum absolute atomic E-state index is 0.286. The first-order valence-electron chi connectivity index (χ1n) is 5.61. The van der Waals surface area contributed by atoms with Gasteiger partial charge in [-0.25, -0.2) is 4.39 Å². The van der Waals surface area contributed by atoms with E-state index in [0.717, 1.165) is 15.7 Å². The quantitative estimate of drug-likeness (QED) is 0.725. The highest BCUT2D eigenvalue weighted by molar-refractivity contribution is 9.10. The van der Waals surface area contributed by atoms with E-state index < -0.39 is 0 Å². The Balaban J connectivity index is 2.19. The van der Waals surface area contributed by atoms with Gasteiger partial charge >= 0.3 is 0 Å². The highest BCUT2D eigenvalue weighted by atomic mass is 79.9. The lowest BCUT2D eigenvalue weighted by Crippen LogP contribution is -2.02. The van der Waals surface area contributed by atoms with Crippen LogP contribution < -0.4 is 5.32 Å². The van der Waals surface area contributed by atoms with Crippen molar-refractivity contribution in [2.45, 2.75) is 13.5 Å². The first kappa shape index (κ1) is 14.6. The van der Waals surface area contributed by atoms with Crippen LogP contribution in [0.1, 0.15) is 11.1 Å². The Labute approximate surface area is 129 Å². The molecule has 0 amide bonds. The van der Waals surface area contributed by atoms with Gasteiger partial charge in [0.25, 0.3) is 0 Å². The third kappa shape index (κ3) is 3.62. The second-order valence-corrected chi connectivity index (χ2v) is 5.87. The largest absolute Gasteiger partial charge is 0.380 e. The van der Waals surface area contributed by atoms with Gasteiger partial charge in [-0.3, -0.25) is 0 Å². The summed E-state index contributed by atoms with van der Waals surface area (Å²) in [4.78, 5) is 0. The highest BCUT2D eigenvalue weighted by Crippen LogP contribution is 2.29. The molecule has 0 saturated carbocycles. The summed E-state index contributed by atoms with van der Waals surface area (Å²) in [6, 6.07) is 8.21. The molecule has 0 aliphatic rings. The molecular weight excluding hydrogens is 352 g/mol. The standard InChI is InChI=1S/C14H11BrCl2FN/c1-8-4-11(15)14(6-12(8)17)19-7-9-5-10(16)2-3-13(9)18/h2-6,19H,7H2,1H3. The van der Waals surface area contributed by atoms with Crippen LogP contribution in [0.15, 0.2) is 34.8 Å². The van der Waals surface area contributed by atoms with Crippen molar-refractivity contribution in [3.63, 3.8) is 0 Å². The highest BCUT2D eigenvalue weighted by Gasteiger charge is 2.06. The van der Waals surface area contributed by atoms with Gasteiger partial charge in [-0.2, -0.15) is 0 Å². The maximum Gasteiger partial charge on any atom is 0.128 e. The van der Waals surface area contributed by atoms with Gasteiger partial charge in [0.2, 0.25) is 0 Å². The molecule has 5 heteroatoms. The number of anilines is 1. The number of aryl methyl sites for hydroxylation is 1. The van der Waals surface area contributed by atoms with E-state index in [1.165, 1.54) is 12.1 Å². The maximum absolute atomic E-state index is 13.6. The molecule has 0 unspecified atom stereocenters. The maximum atomic E-state index is 13.6. The summed E-state index contributed by atoms with van der Waals surface area (Å²) in [5.74, 6) is -0.286. The number of benzene rings is 2. The summed E-state index contributed by atoms with van der Waals surface area (Å²) in [5.41, 5.74) is 2.30. The van der Waals surface area contributed by atoms with Crippen LogP contribution in [0.3, 0.4) is 0 Å². The smallest absolute Gasteiger partial charge is 0.128 e. The van der Waals surface area contributed by atoms with Gasteiger partial charge in [0, 0.05) is 26.6 Å². The van der Waals surface area contributed by atoms with Crippen molar-refractivity contribution in [3.8, 4) is 0 Å². The average Bonchev–Trinajstić information content (AvgIpc) is 2.36. The van der Waals surface area contributed by atoms with Crippen LogP contribution in [0.25, 0.3) is 0 Å². The number of nitrogens with one attached hydrogen (secondary N) is 1. The molecule has 19 heavy (non-hydrogen) atoms. The Morgan fingerprint density at radius 1 is 1.21 bits per heavy atom. The molecule has 0 aromatic heterocycles. The molecule has 0 aliphatic heterocycles. The second-order valence-electron chi connectivity index (χ2n) is 4.17. The summed E-state index contributed by atoms with van der Waals surface area (Å²) < 4.78 is 14.5. The van der Waals surface area contributed by atoms with Crippen molar-refractivity contribution < 1.29 is 4.39 Å². The van der Waals surface area contributed by atoms with E-state index >= 15 is 0 Å². The molecule has 0 bridgehead atoms. The predicted molar refractivity (Wildman–Crippen MR) is 82.6 cm³/mol. The van der Waals surface area contributed by atoms with Gasteiger partial charge in [0.05, 0.1) is 5.69 Å². The van der Waals surface area contributed by atoms with Gasteiger partial charge in [-0.05, 0) is 58.7 Å². The van der Waals surface area contributed by atoms with Crippen molar-refractivity contribution >= 4 is 44.8 Å². The lowest BCUT2D eigenvalue weighted by Gasteiger charge is -2.11. The Morgan fingerprint density at radius 3 is 2.68 bits per heavy atom. The van der Waals surface area contributed by atoms with Crippen molar-refractivity contribution in [3.05, 3.63) is 61.8 Å². The molecule has 1 nitrogen and oxygen atoms in total. The fourth-order valence-corrected chi connectivity index (χ4v) is 2.61. The second kappa shape index (κ2) is 6.12. The number of hydrogen-bond donors (Lipinski definition) is 1. The first-order chi connectivity index (χ1) is 8.97. The van der Waals surface area contributed by atoms with Gasteiger partial charge < -0.3 is 5.32 Å². The van der Waals surface area contributed by atoms with E-state index in [4.69, 9.17) is 23.2 Å². The summed E-state index contributed by atoms with van der Waals surface area (Å²) in [6.45, 7) is 2.26. The Kier molecular flexibility index (Phi) is 4.71. The zero-order valence-corrected chi connectivity index (χ0v) is 13.2. The van der Waals surface area contributed by atoms with Crippen LogP contribution in [-0.4, -0.2) is 0 Å². The molecule has 0 aliphatic carbocycles. The van der Waals surface area contributed by atoms with Crippen LogP contribution in [0.5, 0.6) is 0 Å². The minimum Gasteiger partial charge on any atom is -0.380 e. The number of hydrogen-bond acceptors (Lipinski definition) is 1. The lowest BCUT2D eigenvalue weighted by atomic mass is 10.2. The summed E-state index contributed by atoms with van der Waals surface area (Å²) in [7, 11) is 0. The van der Waals surface area contributed by atoms with Crippen molar-refractivity contribution in [1.29, 1.82) is 0 Å². The molecule has 2 rings (SSSR count). The van der Waals surface area contributed by atoms with Crippen molar-refractivity contribution in [2.75, 3.05) is 5.32 Å². The Bertz CT molecular complexity index is 617. The molecule has 2 aromatic rings. The zero-order valence-electron chi connectivity index (χ0n) is 10.1. The summed E-state index contributed by atoms with van der Waals surface area (Å²) in [5, 5.41) is 4.31. The third-order valence-corrected chi connectivity index (χ3v) is 4.02. The van der Waals surface area contributed by atoms with E-state index in [9.17, 15) is 4.39 Å². The van der Waals surface area contributed by atoms with E-state index in [0.29, 0.717) is 22.2 Å². The third-order valence-electron chi connectivity index (χ3n) is 2.73.